The van der Waals surface area contributed by atoms with Crippen LogP contribution in [-0.2, 0) is 16.0 Å². The molecular weight excluding hydrogens is 310 g/mol. The number of thiazole rings is 1. The summed E-state index contributed by atoms with van der Waals surface area (Å²) in [7, 11) is 0. The van der Waals surface area contributed by atoms with Gasteiger partial charge in [-0.15, -0.1) is 11.3 Å². The lowest BCUT2D eigenvalue weighted by atomic mass is 10.2. The van der Waals surface area contributed by atoms with Crippen LogP contribution in [0.4, 0.5) is 0 Å². The van der Waals surface area contributed by atoms with E-state index in [0.717, 1.165) is 28.6 Å². The highest BCUT2D eigenvalue weighted by molar-refractivity contribution is 7.13. The average molecular weight is 327 g/mol. The molecule has 0 radical (unpaired) electrons. The van der Waals surface area contributed by atoms with Crippen molar-refractivity contribution in [1.29, 1.82) is 0 Å². The summed E-state index contributed by atoms with van der Waals surface area (Å²) >= 11 is 1.61. The van der Waals surface area contributed by atoms with Crippen LogP contribution in [0.5, 0.6) is 0 Å². The van der Waals surface area contributed by atoms with E-state index in [1.165, 1.54) is 0 Å². The van der Waals surface area contributed by atoms with E-state index in [0.29, 0.717) is 19.8 Å². The van der Waals surface area contributed by atoms with Crippen LogP contribution in [0.2, 0.25) is 0 Å². The molecule has 1 aliphatic heterocycles. The monoisotopic (exact) mass is 327 g/mol. The Morgan fingerprint density at radius 2 is 2.13 bits per heavy atom. The van der Waals surface area contributed by atoms with Crippen molar-refractivity contribution in [3.63, 3.8) is 0 Å². The van der Waals surface area contributed by atoms with Crippen molar-refractivity contribution in [3.8, 4) is 22.1 Å². The molecule has 4 rings (SSSR count). The molecule has 23 heavy (non-hydrogen) atoms. The zero-order valence-corrected chi connectivity index (χ0v) is 13.4. The standard InChI is InChI=1S/C17H17N3O2S/c1-2-4-13(5-3-1)15-12-23-17(19-15)16-18-6-7-20(16)10-14-11-21-8-9-22-14/h1-7,12,14H,8-11H2. The summed E-state index contributed by atoms with van der Waals surface area (Å²) in [6, 6.07) is 10.2. The molecule has 1 atom stereocenters. The molecule has 0 saturated carbocycles. The van der Waals surface area contributed by atoms with E-state index in [9.17, 15) is 0 Å². The van der Waals surface area contributed by atoms with E-state index in [-0.39, 0.29) is 6.10 Å². The highest BCUT2D eigenvalue weighted by atomic mass is 32.1. The average Bonchev–Trinajstić information content (AvgIpc) is 3.25. The fourth-order valence-electron chi connectivity index (χ4n) is 2.63. The summed E-state index contributed by atoms with van der Waals surface area (Å²) in [4.78, 5) is 9.21. The number of hydrogen-bond donors (Lipinski definition) is 0. The van der Waals surface area contributed by atoms with Gasteiger partial charge in [0.15, 0.2) is 10.8 Å². The second kappa shape index (κ2) is 6.62. The van der Waals surface area contributed by atoms with Gasteiger partial charge in [0, 0.05) is 23.3 Å². The van der Waals surface area contributed by atoms with E-state index in [1.54, 1.807) is 11.3 Å². The van der Waals surface area contributed by atoms with Crippen LogP contribution in [-0.4, -0.2) is 40.5 Å². The Balaban J connectivity index is 1.57. The molecule has 1 unspecified atom stereocenters. The molecule has 0 aliphatic carbocycles. The third-order valence-corrected chi connectivity index (χ3v) is 4.60. The maximum absolute atomic E-state index is 5.73. The van der Waals surface area contributed by atoms with E-state index in [1.807, 2.05) is 30.6 Å². The molecule has 6 heteroatoms. The van der Waals surface area contributed by atoms with Crippen molar-refractivity contribution in [2.45, 2.75) is 12.6 Å². The van der Waals surface area contributed by atoms with Crippen molar-refractivity contribution in [1.82, 2.24) is 14.5 Å². The van der Waals surface area contributed by atoms with Gasteiger partial charge in [-0.2, -0.15) is 0 Å². The molecule has 118 valence electrons. The molecule has 1 aromatic carbocycles. The molecule has 0 bridgehead atoms. The number of hydrogen-bond acceptors (Lipinski definition) is 5. The maximum Gasteiger partial charge on any atom is 0.169 e. The molecule has 0 amide bonds. The third-order valence-electron chi connectivity index (χ3n) is 3.77. The third kappa shape index (κ3) is 3.19. The smallest absolute Gasteiger partial charge is 0.169 e. The molecule has 3 heterocycles. The zero-order chi connectivity index (χ0) is 15.5. The summed E-state index contributed by atoms with van der Waals surface area (Å²) in [5, 5.41) is 3.00. The largest absolute Gasteiger partial charge is 0.376 e. The van der Waals surface area contributed by atoms with Crippen molar-refractivity contribution in [3.05, 3.63) is 48.1 Å². The number of nitrogens with zero attached hydrogens (tertiary/aromatic N) is 3. The van der Waals surface area contributed by atoms with Gasteiger partial charge in [0.05, 0.1) is 38.2 Å². The Hall–Kier alpha value is -2.02. The summed E-state index contributed by atoms with van der Waals surface area (Å²) in [6.07, 6.45) is 3.85. The fraction of sp³-hybridized carbons (Fsp3) is 0.294. The minimum atomic E-state index is 0.0743. The van der Waals surface area contributed by atoms with Gasteiger partial charge in [-0.05, 0) is 0 Å². The lowest BCUT2D eigenvalue weighted by Gasteiger charge is -2.23. The molecule has 1 fully saturated rings. The van der Waals surface area contributed by atoms with Crippen LogP contribution in [0.25, 0.3) is 22.1 Å². The number of ether oxygens (including phenoxy) is 2. The molecule has 0 spiro atoms. The molecule has 5 nitrogen and oxygen atoms in total. The van der Waals surface area contributed by atoms with Crippen molar-refractivity contribution >= 4 is 11.3 Å². The highest BCUT2D eigenvalue weighted by Gasteiger charge is 2.18. The Labute approximate surface area is 138 Å². The molecular formula is C17H17N3O2S. The van der Waals surface area contributed by atoms with E-state index in [4.69, 9.17) is 14.5 Å². The SMILES string of the molecule is c1ccc(-c2csc(-c3nccn3CC3COCCO3)n2)cc1. The second-order valence-electron chi connectivity index (χ2n) is 5.37. The quantitative estimate of drug-likeness (QED) is 0.739. The minimum absolute atomic E-state index is 0.0743. The lowest BCUT2D eigenvalue weighted by molar-refractivity contribution is -0.0934. The molecule has 2 aromatic heterocycles. The second-order valence-corrected chi connectivity index (χ2v) is 6.23. The summed E-state index contributed by atoms with van der Waals surface area (Å²) in [5.74, 6) is 0.881. The Bertz CT molecular complexity index is 763. The topological polar surface area (TPSA) is 49.2 Å². The summed E-state index contributed by atoms with van der Waals surface area (Å²) < 4.78 is 13.3. The molecule has 1 aliphatic rings. The number of benzene rings is 1. The lowest BCUT2D eigenvalue weighted by Crippen LogP contribution is -2.32. The predicted octanol–water partition coefficient (Wildman–Crippen LogP) is 3.09. The van der Waals surface area contributed by atoms with E-state index >= 15 is 0 Å². The summed E-state index contributed by atoms with van der Waals surface area (Å²) in [6.45, 7) is 2.70. The molecule has 0 N–H and O–H groups in total. The predicted molar refractivity (Wildman–Crippen MR) is 89.3 cm³/mol. The Morgan fingerprint density at radius 1 is 1.22 bits per heavy atom. The van der Waals surface area contributed by atoms with Crippen LogP contribution >= 0.6 is 11.3 Å². The first-order valence-corrected chi connectivity index (χ1v) is 8.50. The van der Waals surface area contributed by atoms with Crippen LogP contribution in [0, 0.1) is 0 Å². The number of aromatic nitrogens is 3. The first-order chi connectivity index (χ1) is 11.4. The number of rotatable bonds is 4. The first-order valence-electron chi connectivity index (χ1n) is 7.62. The van der Waals surface area contributed by atoms with Gasteiger partial charge in [0.25, 0.3) is 0 Å². The van der Waals surface area contributed by atoms with Gasteiger partial charge in [0.2, 0.25) is 0 Å². The van der Waals surface area contributed by atoms with Gasteiger partial charge < -0.3 is 14.0 Å². The van der Waals surface area contributed by atoms with E-state index in [2.05, 4.69) is 27.1 Å². The van der Waals surface area contributed by atoms with Crippen LogP contribution in [0.1, 0.15) is 0 Å². The van der Waals surface area contributed by atoms with Gasteiger partial charge in [-0.1, -0.05) is 30.3 Å². The number of imidazole rings is 1. The maximum atomic E-state index is 5.73. The van der Waals surface area contributed by atoms with Gasteiger partial charge >= 0.3 is 0 Å². The highest BCUT2D eigenvalue weighted by Crippen LogP contribution is 2.28. The van der Waals surface area contributed by atoms with Crippen molar-refractivity contribution in [2.24, 2.45) is 0 Å². The first kappa shape index (κ1) is 14.6. The van der Waals surface area contributed by atoms with Crippen LogP contribution in [0.15, 0.2) is 48.1 Å². The van der Waals surface area contributed by atoms with Crippen LogP contribution < -0.4 is 0 Å². The zero-order valence-electron chi connectivity index (χ0n) is 12.6. The molecule has 1 saturated heterocycles. The van der Waals surface area contributed by atoms with E-state index < -0.39 is 0 Å². The Morgan fingerprint density at radius 3 is 2.96 bits per heavy atom. The molecule has 3 aromatic rings. The minimum Gasteiger partial charge on any atom is -0.376 e. The van der Waals surface area contributed by atoms with Gasteiger partial charge in [0.1, 0.15) is 0 Å². The fourth-order valence-corrected chi connectivity index (χ4v) is 3.47. The summed E-state index contributed by atoms with van der Waals surface area (Å²) in [5.41, 5.74) is 2.11. The van der Waals surface area contributed by atoms with Crippen molar-refractivity contribution in [2.75, 3.05) is 19.8 Å². The van der Waals surface area contributed by atoms with Crippen LogP contribution in [0.3, 0.4) is 0 Å². The van der Waals surface area contributed by atoms with Crippen molar-refractivity contribution < 1.29 is 9.47 Å². The Kier molecular flexibility index (Phi) is 4.19. The normalized spacial score (nSPS) is 18.2. The van der Waals surface area contributed by atoms with Gasteiger partial charge in [-0.25, -0.2) is 9.97 Å². The van der Waals surface area contributed by atoms with Gasteiger partial charge in [-0.3, -0.25) is 0 Å².